The average molecular weight is 352 g/mol. The lowest BCUT2D eigenvalue weighted by Gasteiger charge is -2.06. The topological polar surface area (TPSA) is 81.1 Å². The first-order valence-corrected chi connectivity index (χ1v) is 8.23. The maximum Gasteiger partial charge on any atom is 0.291 e. The summed E-state index contributed by atoms with van der Waals surface area (Å²) in [6.45, 7) is 4.48. The number of nitrogens with one attached hydrogen (secondary N) is 2. The zero-order chi connectivity index (χ0) is 17.4. The molecule has 1 heterocycles. The molecular formula is C16H22ClN5O2. The Morgan fingerprint density at radius 3 is 2.79 bits per heavy atom. The third-order valence-electron chi connectivity index (χ3n) is 3.34. The monoisotopic (exact) mass is 351 g/mol. The van der Waals surface area contributed by atoms with Crippen molar-refractivity contribution in [1.82, 2.24) is 25.4 Å². The lowest BCUT2D eigenvalue weighted by molar-refractivity contribution is 0.0943. The molecule has 130 valence electrons. The van der Waals surface area contributed by atoms with E-state index in [9.17, 15) is 4.79 Å². The van der Waals surface area contributed by atoms with E-state index in [-0.39, 0.29) is 11.7 Å². The fourth-order valence-electron chi connectivity index (χ4n) is 2.13. The van der Waals surface area contributed by atoms with E-state index >= 15 is 0 Å². The molecule has 0 aliphatic heterocycles. The zero-order valence-corrected chi connectivity index (χ0v) is 14.6. The van der Waals surface area contributed by atoms with Gasteiger partial charge in [0.15, 0.2) is 0 Å². The summed E-state index contributed by atoms with van der Waals surface area (Å²) in [5, 5.41) is 10.8. The number of para-hydroxylation sites is 1. The van der Waals surface area contributed by atoms with Crippen molar-refractivity contribution in [3.63, 3.8) is 0 Å². The van der Waals surface area contributed by atoms with Gasteiger partial charge in [-0.3, -0.25) is 4.79 Å². The van der Waals surface area contributed by atoms with Gasteiger partial charge in [-0.05, 0) is 12.1 Å². The van der Waals surface area contributed by atoms with Gasteiger partial charge in [0.05, 0.1) is 17.3 Å². The second-order valence-electron chi connectivity index (χ2n) is 5.07. The quantitative estimate of drug-likeness (QED) is 0.668. The Labute approximate surface area is 146 Å². The Morgan fingerprint density at radius 1 is 1.29 bits per heavy atom. The molecular weight excluding hydrogens is 330 g/mol. The third-order valence-corrected chi connectivity index (χ3v) is 3.66. The maximum atomic E-state index is 12.2. The summed E-state index contributed by atoms with van der Waals surface area (Å²) in [7, 11) is 1.65. The molecule has 0 bridgehead atoms. The number of methoxy groups -OCH3 is 1. The van der Waals surface area contributed by atoms with Crippen LogP contribution in [0.4, 0.5) is 0 Å². The molecule has 0 aliphatic carbocycles. The van der Waals surface area contributed by atoms with Crippen molar-refractivity contribution in [3.05, 3.63) is 40.9 Å². The van der Waals surface area contributed by atoms with Gasteiger partial charge in [-0.15, -0.1) is 5.10 Å². The molecule has 7 nitrogen and oxygen atoms in total. The van der Waals surface area contributed by atoms with Crippen molar-refractivity contribution < 1.29 is 9.53 Å². The zero-order valence-electron chi connectivity index (χ0n) is 13.9. The number of aryl methyl sites for hydroxylation is 1. The highest BCUT2D eigenvalue weighted by Crippen LogP contribution is 2.20. The number of nitrogens with zero attached hydrogens (tertiary/aromatic N) is 3. The summed E-state index contributed by atoms with van der Waals surface area (Å²) in [6.07, 6.45) is 0.643. The molecule has 0 unspecified atom stereocenters. The number of aromatic nitrogens is 3. The first-order chi connectivity index (χ1) is 11.7. The number of carbonyl (C=O) groups excluding carboxylic acids is 1. The van der Waals surface area contributed by atoms with Crippen LogP contribution in [0.3, 0.4) is 0 Å². The van der Waals surface area contributed by atoms with Crippen LogP contribution in [0.5, 0.6) is 0 Å². The third kappa shape index (κ3) is 4.77. The summed E-state index contributed by atoms with van der Waals surface area (Å²) < 4.78 is 6.55. The molecule has 0 aliphatic rings. The van der Waals surface area contributed by atoms with Gasteiger partial charge in [0.1, 0.15) is 5.82 Å². The molecule has 0 fully saturated rings. The van der Waals surface area contributed by atoms with Crippen molar-refractivity contribution in [1.29, 1.82) is 0 Å². The van der Waals surface area contributed by atoms with E-state index in [0.717, 1.165) is 6.54 Å². The van der Waals surface area contributed by atoms with Gasteiger partial charge >= 0.3 is 0 Å². The van der Waals surface area contributed by atoms with E-state index in [1.807, 2.05) is 25.1 Å². The molecule has 0 saturated carbocycles. The van der Waals surface area contributed by atoms with Gasteiger partial charge in [-0.1, -0.05) is 30.7 Å². The number of halogens is 1. The molecule has 0 atom stereocenters. The van der Waals surface area contributed by atoms with Crippen molar-refractivity contribution in [2.45, 2.75) is 13.3 Å². The van der Waals surface area contributed by atoms with Crippen LogP contribution in [0.15, 0.2) is 24.3 Å². The normalized spacial score (nSPS) is 10.8. The molecule has 1 aromatic heterocycles. The van der Waals surface area contributed by atoms with Crippen molar-refractivity contribution in [2.24, 2.45) is 0 Å². The lowest BCUT2D eigenvalue weighted by atomic mass is 10.3. The van der Waals surface area contributed by atoms with E-state index in [0.29, 0.717) is 42.7 Å². The fraction of sp³-hybridized carbons (Fsp3) is 0.438. The van der Waals surface area contributed by atoms with E-state index in [1.54, 1.807) is 17.9 Å². The molecule has 2 N–H and O–H groups in total. The van der Waals surface area contributed by atoms with E-state index in [4.69, 9.17) is 16.3 Å². The fourth-order valence-corrected chi connectivity index (χ4v) is 2.34. The second-order valence-corrected chi connectivity index (χ2v) is 5.47. The van der Waals surface area contributed by atoms with Crippen LogP contribution in [0.2, 0.25) is 5.02 Å². The minimum atomic E-state index is -0.302. The molecule has 1 aromatic carbocycles. The Morgan fingerprint density at radius 2 is 2.08 bits per heavy atom. The van der Waals surface area contributed by atoms with E-state index in [2.05, 4.69) is 20.7 Å². The highest BCUT2D eigenvalue weighted by Gasteiger charge is 2.17. The molecule has 24 heavy (non-hydrogen) atoms. The molecule has 2 aromatic rings. The van der Waals surface area contributed by atoms with E-state index < -0.39 is 0 Å². The van der Waals surface area contributed by atoms with Crippen molar-refractivity contribution >= 4 is 17.5 Å². The summed E-state index contributed by atoms with van der Waals surface area (Å²) in [5.41, 5.74) is 0.712. The van der Waals surface area contributed by atoms with Gasteiger partial charge in [0, 0.05) is 33.2 Å². The number of amides is 1. The van der Waals surface area contributed by atoms with Crippen LogP contribution in [0.25, 0.3) is 5.69 Å². The Bertz CT molecular complexity index is 674. The number of carbonyl (C=O) groups is 1. The Balaban J connectivity index is 2.01. The van der Waals surface area contributed by atoms with Crippen molar-refractivity contribution in [3.8, 4) is 5.69 Å². The summed E-state index contributed by atoms with van der Waals surface area (Å²) in [5.74, 6) is 0.527. The van der Waals surface area contributed by atoms with Gasteiger partial charge in [0.25, 0.3) is 5.91 Å². The highest BCUT2D eigenvalue weighted by molar-refractivity contribution is 6.32. The lowest BCUT2D eigenvalue weighted by Crippen LogP contribution is -2.33. The number of benzene rings is 1. The molecule has 0 radical (unpaired) electrons. The van der Waals surface area contributed by atoms with Crippen LogP contribution < -0.4 is 10.6 Å². The Kier molecular flexibility index (Phi) is 7.17. The van der Waals surface area contributed by atoms with Gasteiger partial charge in [0.2, 0.25) is 5.82 Å². The molecule has 0 saturated heterocycles. The van der Waals surface area contributed by atoms with Gasteiger partial charge in [-0.25, -0.2) is 9.67 Å². The second kappa shape index (κ2) is 9.36. The minimum Gasteiger partial charge on any atom is -0.383 e. The largest absolute Gasteiger partial charge is 0.383 e. The predicted octanol–water partition coefficient (Wildman–Crippen LogP) is 1.45. The predicted molar refractivity (Wildman–Crippen MR) is 92.8 cm³/mol. The van der Waals surface area contributed by atoms with Gasteiger partial charge < -0.3 is 15.4 Å². The van der Waals surface area contributed by atoms with Gasteiger partial charge in [-0.2, -0.15) is 0 Å². The number of hydrogen-bond donors (Lipinski definition) is 2. The maximum absolute atomic E-state index is 12.2. The van der Waals surface area contributed by atoms with Crippen LogP contribution in [0.1, 0.15) is 23.4 Å². The van der Waals surface area contributed by atoms with Crippen LogP contribution in [0, 0.1) is 0 Å². The highest BCUT2D eigenvalue weighted by atomic mass is 35.5. The van der Waals surface area contributed by atoms with Crippen LogP contribution >= 0.6 is 11.6 Å². The first-order valence-electron chi connectivity index (χ1n) is 7.86. The molecule has 0 spiro atoms. The van der Waals surface area contributed by atoms with Crippen molar-refractivity contribution in [2.75, 3.05) is 33.4 Å². The smallest absolute Gasteiger partial charge is 0.291 e. The van der Waals surface area contributed by atoms with Crippen LogP contribution in [-0.2, 0) is 11.2 Å². The average Bonchev–Trinajstić information content (AvgIpc) is 3.02. The SMILES string of the molecule is CCc1nc(C(=O)NCCNCCOC)nn1-c1ccccc1Cl. The van der Waals surface area contributed by atoms with Crippen LogP contribution in [-0.4, -0.2) is 54.0 Å². The Hall–Kier alpha value is -1.96. The minimum absolute atomic E-state index is 0.142. The number of rotatable bonds is 9. The standard InChI is InChI=1S/C16H22ClN5O2/c1-3-14-20-15(16(23)19-9-8-18-10-11-24-2)21-22(14)13-7-5-4-6-12(13)17/h4-7,18H,3,8-11H2,1-2H3,(H,19,23). The number of ether oxygens (including phenoxy) is 1. The first kappa shape index (κ1) is 18.4. The number of hydrogen-bond acceptors (Lipinski definition) is 5. The van der Waals surface area contributed by atoms with E-state index in [1.165, 1.54) is 0 Å². The molecule has 2 rings (SSSR count). The summed E-state index contributed by atoms with van der Waals surface area (Å²) in [4.78, 5) is 16.5. The summed E-state index contributed by atoms with van der Waals surface area (Å²) in [6, 6.07) is 7.34. The molecule has 8 heteroatoms. The summed E-state index contributed by atoms with van der Waals surface area (Å²) >= 11 is 6.21. The molecule has 1 amide bonds.